The molecule has 1 N–H and O–H groups in total. The van der Waals surface area contributed by atoms with E-state index in [1.807, 2.05) is 61.5 Å². The van der Waals surface area contributed by atoms with Gasteiger partial charge in [-0.05, 0) is 38.2 Å². The van der Waals surface area contributed by atoms with Crippen LogP contribution in [-0.4, -0.2) is 11.3 Å². The van der Waals surface area contributed by atoms with E-state index in [9.17, 15) is 4.21 Å². The van der Waals surface area contributed by atoms with Crippen molar-refractivity contribution >= 4 is 15.6 Å². The number of benzene rings is 2. The predicted octanol–water partition coefficient (Wildman–Crippen LogP) is 3.29. The third kappa shape index (κ3) is 2.78. The van der Waals surface area contributed by atoms with Crippen molar-refractivity contribution in [1.29, 1.82) is 0 Å². The molecule has 94 valence electrons. The van der Waals surface area contributed by atoms with Gasteiger partial charge in [0.2, 0.25) is 0 Å². The molecule has 0 aliphatic rings. The molecule has 1 atom stereocenters. The van der Waals surface area contributed by atoms with Gasteiger partial charge in [0.1, 0.15) is 9.92 Å². The van der Waals surface area contributed by atoms with Crippen LogP contribution < -0.4 is 4.72 Å². The Bertz CT molecular complexity index is 627. The minimum absolute atomic E-state index is 0.694. The van der Waals surface area contributed by atoms with E-state index in [0.29, 0.717) is 10.6 Å². The van der Waals surface area contributed by atoms with Crippen molar-refractivity contribution in [2.75, 3.05) is 7.05 Å². The molecule has 3 nitrogen and oxygen atoms in total. The summed E-state index contributed by atoms with van der Waals surface area (Å²) >= 11 is 0. The molecular weight excluding hydrogens is 244 g/mol. The third-order valence-electron chi connectivity index (χ3n) is 2.61. The Morgan fingerprint density at radius 2 is 1.61 bits per heavy atom. The van der Waals surface area contributed by atoms with E-state index in [0.717, 1.165) is 5.56 Å². The first-order valence-electron chi connectivity index (χ1n) is 5.71. The summed E-state index contributed by atoms with van der Waals surface area (Å²) in [6, 6.07) is 16.9. The summed E-state index contributed by atoms with van der Waals surface area (Å²) in [4.78, 5) is 0.694. The number of rotatable bonds is 3. The van der Waals surface area contributed by atoms with E-state index in [-0.39, 0.29) is 0 Å². The normalized spacial score (nSPS) is 13.9. The summed E-state index contributed by atoms with van der Waals surface area (Å²) in [5.74, 6) is 0. The molecule has 0 bridgehead atoms. The second-order valence-electron chi connectivity index (χ2n) is 3.97. The van der Waals surface area contributed by atoms with Crippen molar-refractivity contribution in [1.82, 2.24) is 4.72 Å². The Morgan fingerprint density at radius 1 is 1.00 bits per heavy atom. The molecule has 0 amide bonds. The quantitative estimate of drug-likeness (QED) is 0.904. The van der Waals surface area contributed by atoms with Crippen LogP contribution in [0.15, 0.2) is 63.9 Å². The van der Waals surface area contributed by atoms with Gasteiger partial charge in [-0.25, -0.2) is 8.93 Å². The highest BCUT2D eigenvalue weighted by atomic mass is 32.2. The summed E-state index contributed by atoms with van der Waals surface area (Å²) in [5.41, 5.74) is 1.84. The van der Waals surface area contributed by atoms with E-state index in [1.54, 1.807) is 7.05 Å². The Balaban J connectivity index is 2.52. The van der Waals surface area contributed by atoms with E-state index in [4.69, 9.17) is 0 Å². The molecule has 1 unspecified atom stereocenters. The number of aryl methyl sites for hydroxylation is 1. The smallest absolute Gasteiger partial charge is 0.141 e. The Hall–Kier alpha value is -1.65. The molecule has 0 fully saturated rings. The van der Waals surface area contributed by atoms with Crippen LogP contribution in [0, 0.1) is 6.92 Å². The van der Waals surface area contributed by atoms with Crippen LogP contribution in [0.4, 0.5) is 5.69 Å². The Morgan fingerprint density at radius 3 is 2.17 bits per heavy atom. The first-order chi connectivity index (χ1) is 8.64. The van der Waals surface area contributed by atoms with Gasteiger partial charge in [-0.3, -0.25) is 0 Å². The summed E-state index contributed by atoms with van der Waals surface area (Å²) in [6.07, 6.45) is 0. The molecule has 2 rings (SSSR count). The SMILES string of the molecule is CNS(=O)(=Nc1ccccc1)c1ccc(C)cc1. The van der Waals surface area contributed by atoms with Gasteiger partial charge in [0.05, 0.1) is 10.6 Å². The highest BCUT2D eigenvalue weighted by Gasteiger charge is 2.09. The third-order valence-corrected chi connectivity index (χ3v) is 4.54. The van der Waals surface area contributed by atoms with E-state index < -0.39 is 9.92 Å². The van der Waals surface area contributed by atoms with Crippen molar-refractivity contribution < 1.29 is 4.21 Å². The topological polar surface area (TPSA) is 41.5 Å². The molecule has 2 aromatic rings. The lowest BCUT2D eigenvalue weighted by atomic mass is 10.2. The van der Waals surface area contributed by atoms with Crippen LogP contribution in [0.5, 0.6) is 0 Å². The molecule has 0 aromatic heterocycles. The molecule has 0 aliphatic heterocycles. The molecule has 0 saturated heterocycles. The van der Waals surface area contributed by atoms with Crippen LogP contribution >= 0.6 is 0 Å². The lowest BCUT2D eigenvalue weighted by Gasteiger charge is -2.09. The van der Waals surface area contributed by atoms with Crippen LogP contribution in [0.25, 0.3) is 0 Å². The average Bonchev–Trinajstić information content (AvgIpc) is 2.40. The molecule has 0 saturated carbocycles. The van der Waals surface area contributed by atoms with Gasteiger partial charge >= 0.3 is 0 Å². The highest BCUT2D eigenvalue weighted by Crippen LogP contribution is 2.18. The van der Waals surface area contributed by atoms with Gasteiger partial charge in [-0.15, -0.1) is 0 Å². The average molecular weight is 260 g/mol. The maximum absolute atomic E-state index is 12.8. The number of nitrogens with one attached hydrogen (secondary N) is 1. The van der Waals surface area contributed by atoms with E-state index >= 15 is 0 Å². The van der Waals surface area contributed by atoms with Crippen molar-refractivity contribution in [3.05, 3.63) is 60.2 Å². The van der Waals surface area contributed by atoms with Crippen LogP contribution in [-0.2, 0) is 9.92 Å². The van der Waals surface area contributed by atoms with E-state index in [1.165, 1.54) is 0 Å². The molecule has 4 heteroatoms. The maximum Gasteiger partial charge on any atom is 0.141 e. The fraction of sp³-hybridized carbons (Fsp3) is 0.143. The Kier molecular flexibility index (Phi) is 3.79. The first kappa shape index (κ1) is 12.8. The van der Waals surface area contributed by atoms with Gasteiger partial charge in [0.15, 0.2) is 0 Å². The molecule has 2 aromatic carbocycles. The first-order valence-corrected chi connectivity index (χ1v) is 7.23. The highest BCUT2D eigenvalue weighted by molar-refractivity contribution is 7.91. The van der Waals surface area contributed by atoms with Gasteiger partial charge in [0.25, 0.3) is 0 Å². The summed E-state index contributed by atoms with van der Waals surface area (Å²) in [5, 5.41) is 0. The fourth-order valence-corrected chi connectivity index (χ4v) is 2.93. The van der Waals surface area contributed by atoms with Crippen LogP contribution in [0.1, 0.15) is 5.56 Å². The number of nitrogens with zero attached hydrogens (tertiary/aromatic N) is 1. The van der Waals surface area contributed by atoms with Crippen molar-refractivity contribution in [3.8, 4) is 0 Å². The number of hydrogen-bond donors (Lipinski definition) is 1. The van der Waals surface area contributed by atoms with Gasteiger partial charge in [0, 0.05) is 0 Å². The van der Waals surface area contributed by atoms with Gasteiger partial charge < -0.3 is 0 Å². The van der Waals surface area contributed by atoms with Gasteiger partial charge in [-0.1, -0.05) is 35.9 Å². The lowest BCUT2D eigenvalue weighted by molar-refractivity contribution is 0.671. The largest absolute Gasteiger partial charge is 0.230 e. The predicted molar refractivity (Wildman–Crippen MR) is 75.2 cm³/mol. The standard InChI is InChI=1S/C14H16N2OS/c1-12-8-10-14(11-9-12)18(17,15-2)16-13-6-4-3-5-7-13/h3-11H,1-2H3,(H,15,16,17). The summed E-state index contributed by atoms with van der Waals surface area (Å²) in [7, 11) is -0.939. The van der Waals surface area contributed by atoms with Crippen LogP contribution in [0.3, 0.4) is 0 Å². The maximum atomic E-state index is 12.8. The molecule has 18 heavy (non-hydrogen) atoms. The minimum Gasteiger partial charge on any atom is -0.230 e. The van der Waals surface area contributed by atoms with Crippen LogP contribution in [0.2, 0.25) is 0 Å². The second-order valence-corrected chi connectivity index (χ2v) is 6.08. The summed E-state index contributed by atoms with van der Waals surface area (Å²) < 4.78 is 19.9. The lowest BCUT2D eigenvalue weighted by Crippen LogP contribution is -2.18. The summed E-state index contributed by atoms with van der Waals surface area (Å²) in [6.45, 7) is 2.00. The number of hydrogen-bond acceptors (Lipinski definition) is 2. The zero-order valence-corrected chi connectivity index (χ0v) is 11.3. The van der Waals surface area contributed by atoms with Crippen molar-refractivity contribution in [3.63, 3.8) is 0 Å². The second kappa shape index (κ2) is 5.33. The monoisotopic (exact) mass is 260 g/mol. The molecular formula is C14H16N2OS. The van der Waals surface area contributed by atoms with Crippen molar-refractivity contribution in [2.24, 2.45) is 4.36 Å². The molecule has 0 aliphatic carbocycles. The zero-order valence-electron chi connectivity index (χ0n) is 10.5. The van der Waals surface area contributed by atoms with E-state index in [2.05, 4.69) is 9.08 Å². The van der Waals surface area contributed by atoms with Crippen molar-refractivity contribution in [2.45, 2.75) is 11.8 Å². The molecule has 0 heterocycles. The molecule has 0 radical (unpaired) electrons. The minimum atomic E-state index is -2.60. The molecule has 0 spiro atoms. The zero-order chi connectivity index (χ0) is 13.0. The Labute approximate surface area is 108 Å². The fourth-order valence-electron chi connectivity index (χ4n) is 1.58. The van der Waals surface area contributed by atoms with Gasteiger partial charge in [-0.2, -0.15) is 4.36 Å².